The maximum absolute atomic E-state index is 13.0. The molecule has 186 valence electrons. The van der Waals surface area contributed by atoms with Gasteiger partial charge in [0.1, 0.15) is 6.10 Å². The first-order valence-corrected chi connectivity index (χ1v) is 13.9. The van der Waals surface area contributed by atoms with Crippen molar-refractivity contribution in [3.63, 3.8) is 0 Å². The molecule has 1 aliphatic heterocycles. The third kappa shape index (κ3) is 4.16. The highest BCUT2D eigenvalue weighted by Crippen LogP contribution is 2.56. The second kappa shape index (κ2) is 8.06. The Bertz CT molecular complexity index is 1160. The summed E-state index contributed by atoms with van der Waals surface area (Å²) in [7, 11) is 0. The summed E-state index contributed by atoms with van der Waals surface area (Å²) in [6.45, 7) is 1.26. The highest BCUT2D eigenvalue weighted by Gasteiger charge is 2.56. The van der Waals surface area contributed by atoms with Crippen molar-refractivity contribution in [1.29, 1.82) is 0 Å². The lowest BCUT2D eigenvalue weighted by Crippen LogP contribution is -2.58. The summed E-state index contributed by atoms with van der Waals surface area (Å²) in [5.74, 6) is 1.21. The van der Waals surface area contributed by atoms with Gasteiger partial charge < -0.3 is 25.4 Å². The van der Waals surface area contributed by atoms with E-state index in [0.29, 0.717) is 42.4 Å². The highest BCUT2D eigenvalue weighted by atomic mass is 32.1. The number of ether oxygens (including phenoxy) is 1. The van der Waals surface area contributed by atoms with E-state index in [-0.39, 0.29) is 24.1 Å². The summed E-state index contributed by atoms with van der Waals surface area (Å²) in [5, 5.41) is 18.1. The number of likely N-dealkylation sites (tertiary alicyclic amines) is 1. The van der Waals surface area contributed by atoms with Crippen LogP contribution in [-0.2, 0) is 4.74 Å². The highest BCUT2D eigenvalue weighted by molar-refractivity contribution is 7.22. The molecule has 8 nitrogen and oxygen atoms in total. The van der Waals surface area contributed by atoms with E-state index in [4.69, 9.17) is 4.74 Å². The maximum atomic E-state index is 13.0. The van der Waals surface area contributed by atoms with Crippen molar-refractivity contribution in [3.05, 3.63) is 23.8 Å². The second-order valence-corrected chi connectivity index (χ2v) is 12.6. The third-order valence-electron chi connectivity index (χ3n) is 8.73. The quantitative estimate of drug-likeness (QED) is 0.583. The van der Waals surface area contributed by atoms with Crippen LogP contribution in [0.5, 0.6) is 0 Å². The summed E-state index contributed by atoms with van der Waals surface area (Å²) in [5.41, 5.74) is 1.03. The van der Waals surface area contributed by atoms with Gasteiger partial charge in [-0.2, -0.15) is 0 Å². The van der Waals surface area contributed by atoms with Crippen molar-refractivity contribution in [2.75, 3.05) is 18.4 Å². The van der Waals surface area contributed by atoms with Crippen LogP contribution in [0.4, 0.5) is 9.93 Å². The minimum absolute atomic E-state index is 0.0180. The molecule has 8 rings (SSSR count). The molecule has 1 aromatic heterocycles. The number of aliphatic hydroxyl groups is 1. The van der Waals surface area contributed by atoms with E-state index in [1.807, 2.05) is 23.1 Å². The fraction of sp³-hybridized carbons (Fsp3) is 0.654. The van der Waals surface area contributed by atoms with Gasteiger partial charge in [0.25, 0.3) is 5.91 Å². The van der Waals surface area contributed by atoms with Gasteiger partial charge in [-0.25, -0.2) is 9.78 Å². The molecule has 6 aliphatic rings. The zero-order valence-electron chi connectivity index (χ0n) is 19.7. The predicted octanol–water partition coefficient (Wildman–Crippen LogP) is 3.75. The van der Waals surface area contributed by atoms with Gasteiger partial charge >= 0.3 is 6.09 Å². The van der Waals surface area contributed by atoms with Crippen molar-refractivity contribution >= 4 is 38.7 Å². The molecule has 3 N–H and O–H groups in total. The molecule has 9 heteroatoms. The topological polar surface area (TPSA) is 104 Å². The average Bonchev–Trinajstić information content (AvgIpc) is 3.34. The SMILES string of the molecule is O=C(NC1CC1)c1ccc2nc(N[C@@H]3CCN(C(=O)O[C@H]4C5CC6CC4C[C@](O)(C6)C5)C3)sc2c1. The van der Waals surface area contributed by atoms with Crippen molar-refractivity contribution in [1.82, 2.24) is 15.2 Å². The first-order chi connectivity index (χ1) is 16.9. The van der Waals surface area contributed by atoms with Crippen LogP contribution in [0.1, 0.15) is 61.7 Å². The lowest BCUT2D eigenvalue weighted by Gasteiger charge is -2.57. The molecule has 2 unspecified atom stereocenters. The molecule has 6 fully saturated rings. The molecule has 2 aromatic rings. The first-order valence-electron chi connectivity index (χ1n) is 13.1. The second-order valence-electron chi connectivity index (χ2n) is 11.6. The number of carbonyl (C=O) groups is 2. The molecule has 0 radical (unpaired) electrons. The van der Waals surface area contributed by atoms with Gasteiger partial charge in [0.2, 0.25) is 0 Å². The van der Waals surface area contributed by atoms with E-state index >= 15 is 0 Å². The molecule has 1 aromatic carbocycles. The van der Waals surface area contributed by atoms with Crippen LogP contribution in [0, 0.1) is 17.8 Å². The maximum Gasteiger partial charge on any atom is 0.410 e. The van der Waals surface area contributed by atoms with Crippen molar-refractivity contribution in [2.45, 2.75) is 75.2 Å². The van der Waals surface area contributed by atoms with E-state index in [1.54, 1.807) is 11.3 Å². The van der Waals surface area contributed by atoms with Crippen LogP contribution >= 0.6 is 11.3 Å². The standard InChI is InChI=1S/C26H32N4O4S/c31-23(27-18-2-3-18)15-1-4-20-21(9-15)35-24(29-20)28-19-5-6-30(13-19)25(32)34-22-16-7-14-8-17(22)12-26(33,10-14)11-16/h1,4,9,14,16-19,22,33H,2-3,5-8,10-13H2,(H,27,31)(H,28,29)/t14?,16?,17?,19-,22-,26-/m1/s1. The monoisotopic (exact) mass is 496 g/mol. The Morgan fingerprint density at radius 3 is 2.66 bits per heavy atom. The van der Waals surface area contributed by atoms with Gasteiger partial charge in [0.05, 0.1) is 15.8 Å². The van der Waals surface area contributed by atoms with Gasteiger partial charge in [-0.05, 0) is 87.3 Å². The van der Waals surface area contributed by atoms with Crippen LogP contribution in [0.2, 0.25) is 0 Å². The van der Waals surface area contributed by atoms with Crippen LogP contribution in [0.3, 0.4) is 0 Å². The summed E-state index contributed by atoms with van der Waals surface area (Å²) < 4.78 is 7.05. The zero-order valence-corrected chi connectivity index (χ0v) is 20.6. The number of amides is 2. The first kappa shape index (κ1) is 21.9. The molecule has 3 atom stereocenters. The van der Waals surface area contributed by atoms with Gasteiger partial charge in [-0.1, -0.05) is 11.3 Å². The molecular formula is C26H32N4O4S. The van der Waals surface area contributed by atoms with Crippen LogP contribution in [0.15, 0.2) is 18.2 Å². The molecule has 1 saturated heterocycles. The van der Waals surface area contributed by atoms with E-state index < -0.39 is 5.60 Å². The largest absolute Gasteiger partial charge is 0.446 e. The van der Waals surface area contributed by atoms with Gasteiger partial charge in [0, 0.05) is 30.7 Å². The Balaban J connectivity index is 0.962. The summed E-state index contributed by atoms with van der Waals surface area (Å²) in [4.78, 5) is 31.9. The van der Waals surface area contributed by atoms with E-state index in [0.717, 1.165) is 66.7 Å². The fourth-order valence-electron chi connectivity index (χ4n) is 7.16. The minimum atomic E-state index is -0.513. The number of anilines is 1. The summed E-state index contributed by atoms with van der Waals surface area (Å²) >= 11 is 1.54. The van der Waals surface area contributed by atoms with Crippen molar-refractivity contribution < 1.29 is 19.4 Å². The Morgan fingerprint density at radius 2 is 1.91 bits per heavy atom. The normalized spacial score (nSPS) is 35.5. The Labute approximate surface area is 208 Å². The number of benzene rings is 1. The smallest absolute Gasteiger partial charge is 0.410 e. The summed E-state index contributed by atoms with van der Waals surface area (Å²) in [6, 6.07) is 6.11. The number of fused-ring (bicyclic) bond motifs is 1. The van der Waals surface area contributed by atoms with Crippen molar-refractivity contribution in [3.8, 4) is 0 Å². The van der Waals surface area contributed by atoms with Crippen LogP contribution < -0.4 is 10.6 Å². The van der Waals surface area contributed by atoms with E-state index in [9.17, 15) is 14.7 Å². The van der Waals surface area contributed by atoms with Gasteiger partial charge in [-0.3, -0.25) is 4.79 Å². The Morgan fingerprint density at radius 1 is 1.11 bits per heavy atom. The van der Waals surface area contributed by atoms with Gasteiger partial charge in [0.15, 0.2) is 5.13 Å². The number of thiazole rings is 1. The molecule has 35 heavy (non-hydrogen) atoms. The predicted molar refractivity (Wildman–Crippen MR) is 132 cm³/mol. The third-order valence-corrected chi connectivity index (χ3v) is 9.68. The molecule has 0 spiro atoms. The molecular weight excluding hydrogens is 464 g/mol. The lowest BCUT2D eigenvalue weighted by atomic mass is 9.53. The molecule has 5 aliphatic carbocycles. The van der Waals surface area contributed by atoms with Gasteiger partial charge in [-0.15, -0.1) is 0 Å². The number of rotatable bonds is 5. The Kier molecular flexibility index (Phi) is 5.03. The van der Waals surface area contributed by atoms with Crippen LogP contribution in [-0.4, -0.2) is 63.9 Å². The van der Waals surface area contributed by atoms with E-state index in [1.165, 1.54) is 0 Å². The molecule has 5 saturated carbocycles. The fourth-order valence-corrected chi connectivity index (χ4v) is 8.14. The minimum Gasteiger partial charge on any atom is -0.446 e. The number of hydrogen-bond donors (Lipinski definition) is 3. The number of nitrogens with one attached hydrogen (secondary N) is 2. The van der Waals surface area contributed by atoms with Crippen LogP contribution in [0.25, 0.3) is 10.2 Å². The van der Waals surface area contributed by atoms with Crippen molar-refractivity contribution in [2.24, 2.45) is 17.8 Å². The number of carbonyl (C=O) groups excluding carboxylic acids is 2. The molecule has 4 bridgehead atoms. The number of aromatic nitrogens is 1. The van der Waals surface area contributed by atoms with E-state index in [2.05, 4.69) is 15.6 Å². The molecule has 2 amide bonds. The average molecular weight is 497 g/mol. The lowest BCUT2D eigenvalue weighted by molar-refractivity contribution is -0.177. The zero-order chi connectivity index (χ0) is 23.7. The number of nitrogens with zero attached hydrogens (tertiary/aromatic N) is 2. The molecule has 2 heterocycles. The number of hydrogen-bond acceptors (Lipinski definition) is 7. The summed E-state index contributed by atoms with van der Waals surface area (Å²) in [6.07, 6.45) is 7.40. The Hall–Kier alpha value is -2.39.